The molecule has 2 aromatic heterocycles. The largest absolute Gasteiger partial charge is 0.414 e. The van der Waals surface area contributed by atoms with Gasteiger partial charge < -0.3 is 10.6 Å². The Kier molecular flexibility index (Phi) is 11.6. The van der Waals surface area contributed by atoms with Crippen molar-refractivity contribution >= 4 is 34.5 Å². The molecule has 0 amide bonds. The van der Waals surface area contributed by atoms with Gasteiger partial charge in [0, 0.05) is 11.4 Å². The molecule has 222 valence electrons. The molecule has 2 atom stereocenters. The summed E-state index contributed by atoms with van der Waals surface area (Å²) >= 11 is 0. The Labute approximate surface area is 252 Å². The number of benzene rings is 2. The molecule has 0 bridgehead atoms. The molecule has 0 fully saturated rings. The lowest BCUT2D eigenvalue weighted by Crippen LogP contribution is -2.61. The van der Waals surface area contributed by atoms with Gasteiger partial charge in [-0.15, -0.1) is 4.68 Å². The number of hydrogen-bond donors (Lipinski definition) is 3. The van der Waals surface area contributed by atoms with Crippen LogP contribution in [-0.4, -0.2) is 22.1 Å². The summed E-state index contributed by atoms with van der Waals surface area (Å²) in [6.07, 6.45) is 13.1. The summed E-state index contributed by atoms with van der Waals surface area (Å²) < 4.78 is 2.17. The van der Waals surface area contributed by atoms with E-state index in [2.05, 4.69) is 84.7 Å². The number of rotatable bonds is 16. The summed E-state index contributed by atoms with van der Waals surface area (Å²) in [4.78, 5) is 9.75. The predicted octanol–water partition coefficient (Wildman–Crippen LogP) is 8.73. The van der Waals surface area contributed by atoms with Gasteiger partial charge in [0.1, 0.15) is 23.9 Å². The van der Waals surface area contributed by atoms with Gasteiger partial charge in [0.05, 0.1) is 24.0 Å². The van der Waals surface area contributed by atoms with E-state index in [0.29, 0.717) is 12.0 Å². The van der Waals surface area contributed by atoms with Crippen LogP contribution in [0.2, 0.25) is 0 Å². The molecule has 42 heavy (non-hydrogen) atoms. The Hall–Kier alpha value is -4.13. The van der Waals surface area contributed by atoms with Crippen LogP contribution in [0.5, 0.6) is 0 Å². The maximum atomic E-state index is 4.96. The standard InChI is InChI=1S/C35H47N7/c1-6-7-8-11-16-28(4)38-35-37-24-32(39-30-17-12-9-13-18-30)26-41(35)42(29(5)23-27(2)3)33-21-22-34(36-25-33)40-31-19-14-10-15-20-31/h9-10,12-15,17-22,24-29,39H,6-8,11,16,23H2,1-5H3,(H,36,40)/p+1. The molecule has 4 aromatic rings. The van der Waals surface area contributed by atoms with E-state index in [1.807, 2.05) is 67.0 Å². The second-order valence-electron chi connectivity index (χ2n) is 11.6. The Bertz CT molecular complexity index is 1330. The molecule has 2 aromatic carbocycles. The molecular formula is C35H48N7+. The molecule has 0 radical (unpaired) electrons. The van der Waals surface area contributed by atoms with Crippen molar-refractivity contribution in [1.82, 2.24) is 9.97 Å². The molecule has 7 nitrogen and oxygen atoms in total. The Balaban J connectivity index is 1.68. The average Bonchev–Trinajstić information content (AvgIpc) is 2.98. The summed E-state index contributed by atoms with van der Waals surface area (Å²) in [7, 11) is 0. The lowest BCUT2D eigenvalue weighted by Gasteiger charge is -2.31. The summed E-state index contributed by atoms with van der Waals surface area (Å²) in [6, 6.07) is 25.0. The second-order valence-corrected chi connectivity index (χ2v) is 11.6. The number of pyridine rings is 1. The average molecular weight is 567 g/mol. The number of nitrogens with one attached hydrogen (secondary N) is 3. The number of unbranched alkanes of at least 4 members (excludes halogenated alkanes) is 3. The Morgan fingerprint density at radius 2 is 1.43 bits per heavy atom. The maximum Gasteiger partial charge on any atom is 0.414 e. The zero-order valence-electron chi connectivity index (χ0n) is 25.9. The van der Waals surface area contributed by atoms with E-state index in [1.54, 1.807) is 0 Å². The summed E-state index contributed by atoms with van der Waals surface area (Å²) in [5.41, 5.74) is 3.96. The third-order valence-corrected chi connectivity index (χ3v) is 7.25. The highest BCUT2D eigenvalue weighted by Crippen LogP contribution is 2.24. The molecular weight excluding hydrogens is 518 g/mol. The zero-order valence-corrected chi connectivity index (χ0v) is 25.9. The molecule has 0 aliphatic heterocycles. The first-order chi connectivity index (χ1) is 20.4. The minimum atomic E-state index is 0.193. The summed E-state index contributed by atoms with van der Waals surface area (Å²) in [5, 5.41) is 13.0. The molecule has 4 rings (SSSR count). The van der Waals surface area contributed by atoms with Gasteiger partial charge in [-0.05, 0) is 69.0 Å². The van der Waals surface area contributed by atoms with Crippen LogP contribution < -0.4 is 25.6 Å². The molecule has 2 heterocycles. The van der Waals surface area contributed by atoms with E-state index < -0.39 is 0 Å². The maximum absolute atomic E-state index is 4.96. The van der Waals surface area contributed by atoms with Gasteiger partial charge in [0.2, 0.25) is 0 Å². The molecule has 0 aliphatic carbocycles. The van der Waals surface area contributed by atoms with Gasteiger partial charge in [-0.1, -0.05) is 87.8 Å². The lowest BCUT2D eigenvalue weighted by atomic mass is 10.0. The highest BCUT2D eigenvalue weighted by Gasteiger charge is 2.27. The highest BCUT2D eigenvalue weighted by molar-refractivity contribution is 5.59. The first-order valence-electron chi connectivity index (χ1n) is 15.5. The van der Waals surface area contributed by atoms with Crippen LogP contribution in [-0.2, 0) is 0 Å². The molecule has 3 N–H and O–H groups in total. The summed E-state index contributed by atoms with van der Waals surface area (Å²) in [5.74, 6) is 2.16. The van der Waals surface area contributed by atoms with Crippen LogP contribution in [0.4, 0.5) is 34.5 Å². The third kappa shape index (κ3) is 9.20. The fourth-order valence-corrected chi connectivity index (χ4v) is 5.24. The van der Waals surface area contributed by atoms with E-state index in [4.69, 9.17) is 9.97 Å². The van der Waals surface area contributed by atoms with Crippen LogP contribution in [0.3, 0.4) is 0 Å². The Morgan fingerprint density at radius 3 is 2.05 bits per heavy atom. The van der Waals surface area contributed by atoms with E-state index >= 15 is 0 Å². The van der Waals surface area contributed by atoms with Gasteiger partial charge in [-0.25, -0.2) is 9.99 Å². The minimum Gasteiger partial charge on any atom is -0.351 e. The molecule has 0 saturated carbocycles. The minimum absolute atomic E-state index is 0.193. The monoisotopic (exact) mass is 566 g/mol. The lowest BCUT2D eigenvalue weighted by molar-refractivity contribution is -0.676. The number of anilines is 6. The summed E-state index contributed by atoms with van der Waals surface area (Å²) in [6.45, 7) is 11.3. The van der Waals surface area contributed by atoms with E-state index in [9.17, 15) is 0 Å². The second kappa shape index (κ2) is 15.8. The van der Waals surface area contributed by atoms with E-state index in [0.717, 1.165) is 47.4 Å². The number of aromatic nitrogens is 3. The van der Waals surface area contributed by atoms with E-state index in [1.165, 1.54) is 25.7 Å². The Morgan fingerprint density at radius 1 is 0.738 bits per heavy atom. The van der Waals surface area contributed by atoms with E-state index in [-0.39, 0.29) is 6.04 Å². The third-order valence-electron chi connectivity index (χ3n) is 7.25. The van der Waals surface area contributed by atoms with Crippen molar-refractivity contribution in [3.05, 3.63) is 91.4 Å². The normalized spacial score (nSPS) is 12.5. The number of nitrogens with zero attached hydrogens (tertiary/aromatic N) is 4. The first kappa shape index (κ1) is 30.8. The van der Waals surface area contributed by atoms with Crippen molar-refractivity contribution in [2.75, 3.05) is 21.0 Å². The van der Waals surface area contributed by atoms with Crippen molar-refractivity contribution in [2.24, 2.45) is 5.92 Å². The van der Waals surface area contributed by atoms with Crippen molar-refractivity contribution in [3.8, 4) is 0 Å². The fraction of sp³-hybridized carbons (Fsp3) is 0.400. The van der Waals surface area contributed by atoms with Crippen LogP contribution in [0, 0.1) is 5.92 Å². The first-order valence-corrected chi connectivity index (χ1v) is 15.5. The van der Waals surface area contributed by atoms with Crippen molar-refractivity contribution in [3.63, 3.8) is 0 Å². The van der Waals surface area contributed by atoms with Gasteiger partial charge in [-0.3, -0.25) is 5.32 Å². The van der Waals surface area contributed by atoms with Gasteiger partial charge in [-0.2, -0.15) is 0 Å². The van der Waals surface area contributed by atoms with Gasteiger partial charge >= 0.3 is 5.95 Å². The van der Waals surface area contributed by atoms with Crippen molar-refractivity contribution in [1.29, 1.82) is 0 Å². The van der Waals surface area contributed by atoms with Gasteiger partial charge in [0.15, 0.2) is 0 Å². The highest BCUT2D eigenvalue weighted by atomic mass is 15.6. The predicted molar refractivity (Wildman–Crippen MR) is 177 cm³/mol. The van der Waals surface area contributed by atoms with Crippen LogP contribution >= 0.6 is 0 Å². The molecule has 2 unspecified atom stereocenters. The van der Waals surface area contributed by atoms with Crippen LogP contribution in [0.25, 0.3) is 0 Å². The topological polar surface area (TPSA) is 69.0 Å². The van der Waals surface area contributed by atoms with Crippen LogP contribution in [0.15, 0.2) is 91.4 Å². The number of para-hydroxylation sites is 2. The molecule has 0 aliphatic rings. The smallest absolute Gasteiger partial charge is 0.351 e. The van der Waals surface area contributed by atoms with Gasteiger partial charge in [0.25, 0.3) is 0 Å². The van der Waals surface area contributed by atoms with Crippen LogP contribution in [0.1, 0.15) is 73.1 Å². The quantitative estimate of drug-likeness (QED) is 0.0931. The molecule has 0 spiro atoms. The molecule has 0 saturated heterocycles. The molecule has 7 heteroatoms. The SMILES string of the molecule is CCCCCCC(C)Nc1ncc(Nc2ccccc2)c[n+]1N(c1ccc(Nc2ccccc2)nc1)C(C)CC(C)C. The van der Waals surface area contributed by atoms with Crippen molar-refractivity contribution < 1.29 is 4.68 Å². The number of hydrogen-bond acceptors (Lipinski definition) is 6. The fourth-order valence-electron chi connectivity index (χ4n) is 5.24. The zero-order chi connectivity index (χ0) is 29.7. The van der Waals surface area contributed by atoms with Crippen molar-refractivity contribution in [2.45, 2.75) is 85.2 Å².